The molecule has 0 aliphatic carbocycles. The van der Waals surface area contributed by atoms with Gasteiger partial charge in [0.25, 0.3) is 0 Å². The van der Waals surface area contributed by atoms with Crippen molar-refractivity contribution in [1.29, 1.82) is 0 Å². The summed E-state index contributed by atoms with van der Waals surface area (Å²) in [5.41, 5.74) is 2.58. The summed E-state index contributed by atoms with van der Waals surface area (Å²) in [6.07, 6.45) is 0.646. The zero-order valence-electron chi connectivity index (χ0n) is 15.5. The van der Waals surface area contributed by atoms with E-state index in [1.165, 1.54) is 6.92 Å². The zero-order chi connectivity index (χ0) is 19.3. The number of hydrogen-bond acceptors (Lipinski definition) is 4. The summed E-state index contributed by atoms with van der Waals surface area (Å²) < 4.78 is 29.8. The molecule has 1 N–H and O–H groups in total. The van der Waals surface area contributed by atoms with Crippen molar-refractivity contribution in [3.63, 3.8) is 0 Å². The third-order valence-corrected chi connectivity index (χ3v) is 6.82. The van der Waals surface area contributed by atoms with Crippen LogP contribution in [0.4, 0.5) is 5.69 Å². The Bertz CT molecular complexity index is 861. The fourth-order valence-corrected chi connectivity index (χ4v) is 3.79. The minimum atomic E-state index is -3.50. The molecule has 26 heavy (non-hydrogen) atoms. The summed E-state index contributed by atoms with van der Waals surface area (Å²) in [7, 11) is -1.91. The van der Waals surface area contributed by atoms with Crippen molar-refractivity contribution in [1.82, 2.24) is 0 Å². The third kappa shape index (κ3) is 4.64. The quantitative estimate of drug-likeness (QED) is 0.805. The molecule has 2 aromatic rings. The number of anilines is 1. The van der Waals surface area contributed by atoms with E-state index >= 15 is 0 Å². The van der Waals surface area contributed by atoms with Gasteiger partial charge in [-0.3, -0.25) is 4.79 Å². The molecule has 0 bridgehead atoms. The molecule has 0 aliphatic rings. The van der Waals surface area contributed by atoms with Gasteiger partial charge < -0.3 is 10.1 Å². The van der Waals surface area contributed by atoms with Gasteiger partial charge in [-0.2, -0.15) is 0 Å². The van der Waals surface area contributed by atoms with E-state index in [2.05, 4.69) is 5.32 Å². The van der Waals surface area contributed by atoms with Crippen molar-refractivity contribution in [3.8, 4) is 5.75 Å². The fourth-order valence-electron chi connectivity index (χ4n) is 2.61. The van der Waals surface area contributed by atoms with Crippen LogP contribution in [0.1, 0.15) is 31.9 Å². The largest absolute Gasteiger partial charge is 0.496 e. The molecule has 1 atom stereocenters. The molecule has 0 saturated heterocycles. The number of nitrogens with one attached hydrogen (secondary N) is 1. The second-order valence-corrected chi connectivity index (χ2v) is 9.29. The number of benzene rings is 2. The average molecular weight is 375 g/mol. The van der Waals surface area contributed by atoms with Gasteiger partial charge in [-0.05, 0) is 44.5 Å². The van der Waals surface area contributed by atoms with E-state index in [0.29, 0.717) is 12.1 Å². The molecule has 0 heterocycles. The first-order valence-corrected chi connectivity index (χ1v) is 10.1. The Morgan fingerprint density at radius 3 is 2.31 bits per heavy atom. The lowest BCUT2D eigenvalue weighted by Gasteiger charge is -2.17. The van der Waals surface area contributed by atoms with Crippen LogP contribution in [0.3, 0.4) is 0 Å². The van der Waals surface area contributed by atoms with E-state index in [0.717, 1.165) is 16.9 Å². The van der Waals surface area contributed by atoms with Crippen LogP contribution in [0.15, 0.2) is 48.5 Å². The summed E-state index contributed by atoms with van der Waals surface area (Å²) in [6.45, 7) is 4.56. The lowest BCUT2D eigenvalue weighted by Crippen LogP contribution is -2.36. The van der Waals surface area contributed by atoms with E-state index in [1.807, 2.05) is 36.4 Å². The highest BCUT2D eigenvalue weighted by Crippen LogP contribution is 2.25. The van der Waals surface area contributed by atoms with Gasteiger partial charge in [0, 0.05) is 17.7 Å². The molecule has 140 valence electrons. The zero-order valence-corrected chi connectivity index (χ0v) is 16.3. The van der Waals surface area contributed by atoms with Crippen LogP contribution in [0.5, 0.6) is 5.75 Å². The normalized spacial score (nSPS) is 12.7. The van der Waals surface area contributed by atoms with E-state index in [9.17, 15) is 13.2 Å². The van der Waals surface area contributed by atoms with E-state index in [-0.39, 0.29) is 0 Å². The van der Waals surface area contributed by atoms with Gasteiger partial charge in [0.2, 0.25) is 5.91 Å². The van der Waals surface area contributed by atoms with Crippen molar-refractivity contribution in [2.24, 2.45) is 0 Å². The maximum absolute atomic E-state index is 12.4. The molecule has 0 radical (unpaired) electrons. The number of carbonyl (C=O) groups excluding carboxylic acids is 1. The molecule has 0 aromatic heterocycles. The maximum atomic E-state index is 12.4. The minimum Gasteiger partial charge on any atom is -0.496 e. The highest BCUT2D eigenvalue weighted by Gasteiger charge is 2.30. The molecule has 0 saturated carbocycles. The van der Waals surface area contributed by atoms with Crippen molar-refractivity contribution < 1.29 is 17.9 Å². The second-order valence-electron chi connectivity index (χ2n) is 6.46. The van der Waals surface area contributed by atoms with Crippen LogP contribution < -0.4 is 10.1 Å². The van der Waals surface area contributed by atoms with Gasteiger partial charge >= 0.3 is 0 Å². The van der Waals surface area contributed by atoms with Crippen LogP contribution in [-0.2, 0) is 21.1 Å². The predicted octanol–water partition coefficient (Wildman–Crippen LogP) is 3.44. The topological polar surface area (TPSA) is 72.5 Å². The molecular weight excluding hydrogens is 350 g/mol. The first-order chi connectivity index (χ1) is 12.3. The standard InChI is InChI=1S/C20H25NO4S/c1-14(2)26(23,24)15(3)20(22)21-18-10-11-19(25-4)17(13-18)12-16-8-6-5-7-9-16/h5-11,13-15H,12H2,1-4H3,(H,21,22)/t15-/m1/s1. The third-order valence-electron chi connectivity index (χ3n) is 4.30. The van der Waals surface area contributed by atoms with Crippen molar-refractivity contribution in [2.45, 2.75) is 37.7 Å². The second kappa shape index (κ2) is 8.36. The highest BCUT2D eigenvalue weighted by molar-refractivity contribution is 7.93. The molecule has 6 heteroatoms. The van der Waals surface area contributed by atoms with Crippen molar-refractivity contribution in [2.75, 3.05) is 12.4 Å². The van der Waals surface area contributed by atoms with Crippen molar-refractivity contribution in [3.05, 3.63) is 59.7 Å². The summed E-state index contributed by atoms with van der Waals surface area (Å²) >= 11 is 0. The highest BCUT2D eigenvalue weighted by atomic mass is 32.2. The summed E-state index contributed by atoms with van der Waals surface area (Å²) in [5, 5.41) is 0.993. The van der Waals surface area contributed by atoms with Gasteiger partial charge in [-0.1, -0.05) is 30.3 Å². The maximum Gasteiger partial charge on any atom is 0.242 e. The fraction of sp³-hybridized carbons (Fsp3) is 0.350. The predicted molar refractivity (Wildman–Crippen MR) is 104 cm³/mol. The number of rotatable bonds is 7. The minimum absolute atomic E-state index is 0.533. The van der Waals surface area contributed by atoms with Crippen LogP contribution >= 0.6 is 0 Å². The summed E-state index contributed by atoms with van der Waals surface area (Å²) in [6, 6.07) is 15.2. The van der Waals surface area contributed by atoms with Gasteiger partial charge in [-0.15, -0.1) is 0 Å². The lowest BCUT2D eigenvalue weighted by molar-refractivity contribution is -0.115. The Morgan fingerprint density at radius 2 is 1.73 bits per heavy atom. The van der Waals surface area contributed by atoms with Crippen LogP contribution in [-0.4, -0.2) is 31.9 Å². The number of carbonyl (C=O) groups is 1. The molecule has 5 nitrogen and oxygen atoms in total. The first kappa shape index (κ1) is 20.0. The van der Waals surface area contributed by atoms with Gasteiger partial charge in [-0.25, -0.2) is 8.42 Å². The van der Waals surface area contributed by atoms with Crippen LogP contribution in [0, 0.1) is 0 Å². The molecule has 1 amide bonds. The first-order valence-electron chi connectivity index (χ1n) is 8.50. The monoisotopic (exact) mass is 375 g/mol. The van der Waals surface area contributed by atoms with E-state index < -0.39 is 26.2 Å². The Morgan fingerprint density at radius 1 is 1.08 bits per heavy atom. The van der Waals surface area contributed by atoms with Crippen LogP contribution in [0.25, 0.3) is 0 Å². The van der Waals surface area contributed by atoms with Gasteiger partial charge in [0.05, 0.1) is 12.4 Å². The number of methoxy groups -OCH3 is 1. The molecule has 0 spiro atoms. The smallest absolute Gasteiger partial charge is 0.242 e. The lowest BCUT2D eigenvalue weighted by atomic mass is 10.0. The molecule has 0 aliphatic heterocycles. The molecule has 0 fully saturated rings. The molecule has 0 unspecified atom stereocenters. The molecular formula is C20H25NO4S. The summed E-state index contributed by atoms with van der Waals surface area (Å²) in [5.74, 6) is 0.184. The Hall–Kier alpha value is -2.34. The van der Waals surface area contributed by atoms with Crippen molar-refractivity contribution >= 4 is 21.4 Å². The van der Waals surface area contributed by atoms with E-state index in [1.54, 1.807) is 33.1 Å². The van der Waals surface area contributed by atoms with Gasteiger partial charge in [0.15, 0.2) is 9.84 Å². The number of hydrogen-bond donors (Lipinski definition) is 1. The van der Waals surface area contributed by atoms with Gasteiger partial charge in [0.1, 0.15) is 11.0 Å². The number of ether oxygens (including phenoxy) is 1. The Labute approximate surface area is 155 Å². The molecule has 2 rings (SSSR count). The Kier molecular flexibility index (Phi) is 6.42. The molecule has 2 aromatic carbocycles. The van der Waals surface area contributed by atoms with Crippen LogP contribution in [0.2, 0.25) is 0 Å². The van der Waals surface area contributed by atoms with E-state index in [4.69, 9.17) is 4.74 Å². The SMILES string of the molecule is COc1ccc(NC(=O)[C@@H](C)S(=O)(=O)C(C)C)cc1Cc1ccccc1. The summed E-state index contributed by atoms with van der Waals surface area (Å²) in [4.78, 5) is 12.4. The number of amides is 1. The Balaban J connectivity index is 2.23. The number of sulfone groups is 1. The average Bonchev–Trinajstić information content (AvgIpc) is 2.62.